The van der Waals surface area contributed by atoms with Gasteiger partial charge in [0.05, 0.1) is 5.39 Å². The third kappa shape index (κ3) is 3.07. The third-order valence-electron chi connectivity index (χ3n) is 4.22. The molecule has 0 bridgehead atoms. The van der Waals surface area contributed by atoms with E-state index in [4.69, 9.17) is 16.1 Å². The van der Waals surface area contributed by atoms with Crippen LogP contribution < -0.4 is 5.32 Å². The molecule has 128 valence electrons. The molecule has 1 amide bonds. The van der Waals surface area contributed by atoms with Gasteiger partial charge in [0.15, 0.2) is 5.76 Å². The first kappa shape index (κ1) is 16.4. The Morgan fingerprint density at radius 1 is 1.04 bits per heavy atom. The summed E-state index contributed by atoms with van der Waals surface area (Å²) in [4.78, 5) is 12.7. The molecule has 3 aromatic carbocycles. The van der Waals surface area contributed by atoms with Gasteiger partial charge in [0.1, 0.15) is 5.52 Å². The number of hydrogen-bond acceptors (Lipinski definition) is 3. The third-order valence-corrected chi connectivity index (χ3v) is 4.46. The molecule has 1 N–H and O–H groups in total. The van der Waals surface area contributed by atoms with Crippen molar-refractivity contribution >= 4 is 34.1 Å². The lowest BCUT2D eigenvalue weighted by Crippen LogP contribution is -2.12. The topological polar surface area (TPSA) is 55.1 Å². The minimum Gasteiger partial charge on any atom is -0.355 e. The van der Waals surface area contributed by atoms with Crippen LogP contribution in [-0.4, -0.2) is 11.1 Å². The molecule has 4 aromatic rings. The average molecular weight is 363 g/mol. The Hall–Kier alpha value is -3.11. The van der Waals surface area contributed by atoms with E-state index >= 15 is 0 Å². The number of rotatable bonds is 3. The van der Waals surface area contributed by atoms with Crippen molar-refractivity contribution in [2.45, 2.75) is 6.92 Å². The molecule has 1 aromatic heterocycles. The van der Waals surface area contributed by atoms with Gasteiger partial charge < -0.3 is 9.84 Å². The first-order chi connectivity index (χ1) is 12.6. The zero-order valence-electron chi connectivity index (χ0n) is 14.0. The van der Waals surface area contributed by atoms with Gasteiger partial charge in [-0.05, 0) is 42.8 Å². The van der Waals surface area contributed by atoms with Crippen LogP contribution in [0.5, 0.6) is 0 Å². The predicted octanol–water partition coefficient (Wildman–Crippen LogP) is 5.71. The first-order valence-electron chi connectivity index (χ1n) is 8.14. The lowest BCUT2D eigenvalue weighted by Gasteiger charge is -2.09. The predicted molar refractivity (Wildman–Crippen MR) is 104 cm³/mol. The molecule has 0 aliphatic heterocycles. The van der Waals surface area contributed by atoms with Gasteiger partial charge in [-0.2, -0.15) is 0 Å². The van der Waals surface area contributed by atoms with Gasteiger partial charge in [-0.1, -0.05) is 53.2 Å². The number of anilines is 1. The van der Waals surface area contributed by atoms with Crippen molar-refractivity contribution in [1.82, 2.24) is 5.16 Å². The number of aromatic nitrogens is 1. The quantitative estimate of drug-likeness (QED) is 0.508. The van der Waals surface area contributed by atoms with E-state index in [1.807, 2.05) is 43.3 Å². The summed E-state index contributed by atoms with van der Waals surface area (Å²) in [6.07, 6.45) is 0. The van der Waals surface area contributed by atoms with Gasteiger partial charge in [-0.25, -0.2) is 0 Å². The van der Waals surface area contributed by atoms with Crippen molar-refractivity contribution in [2.24, 2.45) is 0 Å². The standard InChI is InChI=1S/C21H15ClN2O2/c1-13-7-9-16(22)12-19(13)23-21(25)15-8-10-18-17(11-15)20(26-24-18)14-5-3-2-4-6-14/h2-12H,1H3,(H,23,25). The van der Waals surface area contributed by atoms with Crippen molar-refractivity contribution < 1.29 is 9.32 Å². The second kappa shape index (κ2) is 6.65. The van der Waals surface area contributed by atoms with Crippen LogP contribution in [0, 0.1) is 6.92 Å². The highest BCUT2D eigenvalue weighted by Crippen LogP contribution is 2.29. The maximum Gasteiger partial charge on any atom is 0.255 e. The Balaban J connectivity index is 1.71. The van der Waals surface area contributed by atoms with Crippen LogP contribution in [-0.2, 0) is 0 Å². The number of nitrogens with zero attached hydrogens (tertiary/aromatic N) is 1. The first-order valence-corrected chi connectivity index (χ1v) is 8.52. The Labute approximate surface area is 155 Å². The fraction of sp³-hybridized carbons (Fsp3) is 0.0476. The van der Waals surface area contributed by atoms with Crippen LogP contribution in [0.1, 0.15) is 15.9 Å². The van der Waals surface area contributed by atoms with E-state index in [0.717, 1.165) is 16.5 Å². The molecule has 0 aliphatic rings. The number of aryl methyl sites for hydroxylation is 1. The van der Waals surface area contributed by atoms with E-state index in [9.17, 15) is 4.79 Å². The summed E-state index contributed by atoms with van der Waals surface area (Å²) in [6.45, 7) is 1.92. The summed E-state index contributed by atoms with van der Waals surface area (Å²) >= 11 is 6.03. The minimum absolute atomic E-state index is 0.211. The molecule has 0 spiro atoms. The largest absolute Gasteiger partial charge is 0.355 e. The smallest absolute Gasteiger partial charge is 0.255 e. The van der Waals surface area contributed by atoms with Crippen molar-refractivity contribution in [3.05, 3.63) is 82.9 Å². The van der Waals surface area contributed by atoms with Gasteiger partial charge in [0.25, 0.3) is 5.91 Å². The molecular formula is C21H15ClN2O2. The van der Waals surface area contributed by atoms with E-state index in [2.05, 4.69) is 10.5 Å². The maximum absolute atomic E-state index is 12.7. The molecular weight excluding hydrogens is 348 g/mol. The monoisotopic (exact) mass is 362 g/mol. The van der Waals surface area contributed by atoms with Crippen LogP contribution >= 0.6 is 11.6 Å². The minimum atomic E-state index is -0.211. The second-order valence-corrected chi connectivity index (χ2v) is 6.46. The molecule has 0 radical (unpaired) electrons. The summed E-state index contributed by atoms with van der Waals surface area (Å²) in [7, 11) is 0. The lowest BCUT2D eigenvalue weighted by molar-refractivity contribution is 0.102. The van der Waals surface area contributed by atoms with Gasteiger partial charge in [0, 0.05) is 21.8 Å². The Morgan fingerprint density at radius 3 is 2.65 bits per heavy atom. The molecule has 5 heteroatoms. The molecule has 0 saturated carbocycles. The number of carbonyl (C=O) groups is 1. The highest BCUT2D eigenvalue weighted by Gasteiger charge is 2.14. The molecule has 4 rings (SSSR count). The number of benzene rings is 3. The van der Waals surface area contributed by atoms with Crippen molar-refractivity contribution in [3.8, 4) is 11.3 Å². The Morgan fingerprint density at radius 2 is 1.85 bits per heavy atom. The summed E-state index contributed by atoms with van der Waals surface area (Å²) in [5.41, 5.74) is 3.78. The van der Waals surface area contributed by atoms with E-state index in [0.29, 0.717) is 27.6 Å². The van der Waals surface area contributed by atoms with Crippen LogP contribution in [0.4, 0.5) is 5.69 Å². The second-order valence-electron chi connectivity index (χ2n) is 6.02. The van der Waals surface area contributed by atoms with Gasteiger partial charge in [0.2, 0.25) is 0 Å². The number of carbonyl (C=O) groups excluding carboxylic acids is 1. The normalized spacial score (nSPS) is 10.8. The molecule has 0 saturated heterocycles. The summed E-state index contributed by atoms with van der Waals surface area (Å²) in [5, 5.41) is 8.36. The summed E-state index contributed by atoms with van der Waals surface area (Å²) < 4.78 is 5.49. The zero-order valence-corrected chi connectivity index (χ0v) is 14.7. The van der Waals surface area contributed by atoms with Crippen LogP contribution in [0.15, 0.2) is 71.3 Å². The van der Waals surface area contributed by atoms with Crippen LogP contribution in [0.25, 0.3) is 22.2 Å². The van der Waals surface area contributed by atoms with Gasteiger partial charge in [-0.15, -0.1) is 0 Å². The van der Waals surface area contributed by atoms with Gasteiger partial charge >= 0.3 is 0 Å². The van der Waals surface area contributed by atoms with Crippen LogP contribution in [0.2, 0.25) is 5.02 Å². The molecule has 0 unspecified atom stereocenters. The molecule has 0 atom stereocenters. The Kier molecular flexibility index (Phi) is 4.19. The van der Waals surface area contributed by atoms with E-state index in [-0.39, 0.29) is 5.91 Å². The van der Waals surface area contributed by atoms with Crippen molar-refractivity contribution in [1.29, 1.82) is 0 Å². The molecule has 26 heavy (non-hydrogen) atoms. The van der Waals surface area contributed by atoms with E-state index in [1.165, 1.54) is 0 Å². The fourth-order valence-electron chi connectivity index (χ4n) is 2.80. The summed E-state index contributed by atoms with van der Waals surface area (Å²) in [5.74, 6) is 0.437. The van der Waals surface area contributed by atoms with Crippen molar-refractivity contribution in [3.63, 3.8) is 0 Å². The molecule has 0 fully saturated rings. The molecule has 0 aliphatic carbocycles. The number of amides is 1. The van der Waals surface area contributed by atoms with Gasteiger partial charge in [-0.3, -0.25) is 4.79 Å². The maximum atomic E-state index is 12.7. The number of fused-ring (bicyclic) bond motifs is 1. The SMILES string of the molecule is Cc1ccc(Cl)cc1NC(=O)c1ccc2noc(-c3ccccc3)c2c1. The lowest BCUT2D eigenvalue weighted by atomic mass is 10.1. The highest BCUT2D eigenvalue weighted by atomic mass is 35.5. The number of hydrogen-bond donors (Lipinski definition) is 1. The number of nitrogens with one attached hydrogen (secondary N) is 1. The summed E-state index contributed by atoms with van der Waals surface area (Å²) in [6, 6.07) is 20.4. The molecule has 4 nitrogen and oxygen atoms in total. The zero-order chi connectivity index (χ0) is 18.1. The number of halogens is 1. The van der Waals surface area contributed by atoms with Crippen molar-refractivity contribution in [2.75, 3.05) is 5.32 Å². The molecule has 1 heterocycles. The van der Waals surface area contributed by atoms with Crippen LogP contribution in [0.3, 0.4) is 0 Å². The average Bonchev–Trinajstić information content (AvgIpc) is 3.08. The fourth-order valence-corrected chi connectivity index (χ4v) is 2.98. The Bertz CT molecular complexity index is 1100. The van der Waals surface area contributed by atoms with E-state index in [1.54, 1.807) is 30.3 Å². The van der Waals surface area contributed by atoms with E-state index < -0.39 is 0 Å². The highest BCUT2D eigenvalue weighted by molar-refractivity contribution is 6.31.